The molecule has 0 bridgehead atoms. The molecule has 4 aromatic rings. The molecule has 1 aliphatic heterocycles. The first-order valence-electron chi connectivity index (χ1n) is 12.7. The maximum atomic E-state index is 13.1. The third kappa shape index (κ3) is 4.53. The van der Waals surface area contributed by atoms with E-state index in [1.807, 2.05) is 80.1 Å². The molecule has 0 aliphatic carbocycles. The third-order valence-corrected chi connectivity index (χ3v) is 6.84. The number of fused-ring (bicyclic) bond motifs is 1. The normalized spacial score (nSPS) is 13.8. The predicted octanol–water partition coefficient (Wildman–Crippen LogP) is 5.51. The summed E-state index contributed by atoms with van der Waals surface area (Å²) in [6, 6.07) is 30.9. The molecular formula is C31H33N3O3. The van der Waals surface area contributed by atoms with Crippen molar-refractivity contribution in [2.75, 3.05) is 6.54 Å². The number of carbonyl (C=O) groups is 1. The van der Waals surface area contributed by atoms with E-state index in [1.165, 1.54) is 0 Å². The number of aromatic nitrogens is 2. The van der Waals surface area contributed by atoms with Gasteiger partial charge in [0.05, 0.1) is 24.5 Å². The minimum absolute atomic E-state index is 0.170. The molecule has 5 rings (SSSR count). The highest BCUT2D eigenvalue weighted by Gasteiger charge is 2.43. The van der Waals surface area contributed by atoms with Crippen LogP contribution >= 0.6 is 0 Å². The van der Waals surface area contributed by atoms with Gasteiger partial charge in [-0.15, -0.1) is 0 Å². The van der Waals surface area contributed by atoms with Crippen LogP contribution in [0.15, 0.2) is 91.0 Å². The van der Waals surface area contributed by atoms with Crippen LogP contribution in [-0.4, -0.2) is 38.0 Å². The van der Waals surface area contributed by atoms with Crippen LogP contribution < -0.4 is 0 Å². The molecule has 3 aromatic carbocycles. The average molecular weight is 496 g/mol. The summed E-state index contributed by atoms with van der Waals surface area (Å²) in [7, 11) is 0. The molecule has 0 spiro atoms. The fourth-order valence-electron chi connectivity index (χ4n) is 5.29. The lowest BCUT2D eigenvalue weighted by molar-refractivity contribution is 0.0217. The van der Waals surface area contributed by atoms with Gasteiger partial charge in [0.15, 0.2) is 0 Å². The van der Waals surface area contributed by atoms with Gasteiger partial charge in [0.2, 0.25) is 0 Å². The zero-order valence-corrected chi connectivity index (χ0v) is 21.6. The summed E-state index contributed by atoms with van der Waals surface area (Å²) in [5.74, 6) is 0. The van der Waals surface area contributed by atoms with E-state index in [1.54, 1.807) is 4.90 Å². The highest BCUT2D eigenvalue weighted by atomic mass is 16.6. The molecule has 0 fully saturated rings. The topological polar surface area (TPSA) is 67.6 Å². The first kappa shape index (κ1) is 24.8. The van der Waals surface area contributed by atoms with Gasteiger partial charge >= 0.3 is 6.09 Å². The highest BCUT2D eigenvalue weighted by molar-refractivity contribution is 5.68. The summed E-state index contributed by atoms with van der Waals surface area (Å²) in [4.78, 5) is 14.8. The van der Waals surface area contributed by atoms with E-state index in [4.69, 9.17) is 9.84 Å². The van der Waals surface area contributed by atoms with E-state index in [0.29, 0.717) is 25.2 Å². The number of amides is 1. The molecule has 0 unspecified atom stereocenters. The number of aliphatic hydroxyl groups is 1. The molecule has 190 valence electrons. The Kier molecular flexibility index (Phi) is 6.61. The number of ether oxygens (including phenoxy) is 1. The maximum Gasteiger partial charge on any atom is 0.410 e. The Morgan fingerprint density at radius 3 is 1.78 bits per heavy atom. The SMILES string of the molecule is CC(C)(C)OC(=O)N1CCc2c(CO)nn(C(c3ccccc3)(c3ccccc3)c3ccccc3)c2C1. The molecule has 1 amide bonds. The second-order valence-corrected chi connectivity index (χ2v) is 10.4. The summed E-state index contributed by atoms with van der Waals surface area (Å²) in [5, 5.41) is 15.4. The van der Waals surface area contributed by atoms with Gasteiger partial charge < -0.3 is 14.7 Å². The Morgan fingerprint density at radius 1 is 0.865 bits per heavy atom. The van der Waals surface area contributed by atoms with Gasteiger partial charge in [-0.1, -0.05) is 91.0 Å². The number of benzene rings is 3. The van der Waals surface area contributed by atoms with Gasteiger partial charge in [-0.25, -0.2) is 9.48 Å². The lowest BCUT2D eigenvalue weighted by Crippen LogP contribution is -2.44. The molecule has 2 heterocycles. The van der Waals surface area contributed by atoms with Crippen LogP contribution in [0.1, 0.15) is 54.4 Å². The Balaban J connectivity index is 1.78. The number of hydrogen-bond donors (Lipinski definition) is 1. The van der Waals surface area contributed by atoms with Crippen molar-refractivity contribution in [2.24, 2.45) is 0 Å². The number of rotatable bonds is 5. The Morgan fingerprint density at radius 2 is 1.35 bits per heavy atom. The van der Waals surface area contributed by atoms with E-state index < -0.39 is 11.1 Å². The van der Waals surface area contributed by atoms with Gasteiger partial charge in [0.1, 0.15) is 11.1 Å². The van der Waals surface area contributed by atoms with Gasteiger partial charge in [-0.05, 0) is 43.9 Å². The van der Waals surface area contributed by atoms with Crippen LogP contribution in [0.25, 0.3) is 0 Å². The van der Waals surface area contributed by atoms with E-state index in [-0.39, 0.29) is 12.7 Å². The smallest absolute Gasteiger partial charge is 0.410 e. The van der Waals surface area contributed by atoms with Gasteiger partial charge in [0.25, 0.3) is 0 Å². The zero-order chi connectivity index (χ0) is 26.0. The Hall–Kier alpha value is -3.90. The monoisotopic (exact) mass is 495 g/mol. The first-order valence-corrected chi connectivity index (χ1v) is 12.7. The molecule has 0 atom stereocenters. The molecular weight excluding hydrogens is 462 g/mol. The Bertz CT molecular complexity index is 1260. The van der Waals surface area contributed by atoms with Crippen molar-refractivity contribution < 1.29 is 14.6 Å². The largest absolute Gasteiger partial charge is 0.444 e. The predicted molar refractivity (Wildman–Crippen MR) is 143 cm³/mol. The fourth-order valence-corrected chi connectivity index (χ4v) is 5.29. The van der Waals surface area contributed by atoms with Crippen molar-refractivity contribution in [3.8, 4) is 0 Å². The molecule has 1 aromatic heterocycles. The molecule has 1 N–H and O–H groups in total. The Labute approximate surface area is 218 Å². The van der Waals surface area contributed by atoms with Crippen LogP contribution in [0.5, 0.6) is 0 Å². The van der Waals surface area contributed by atoms with E-state index >= 15 is 0 Å². The van der Waals surface area contributed by atoms with Crippen molar-refractivity contribution in [1.82, 2.24) is 14.7 Å². The van der Waals surface area contributed by atoms with E-state index in [9.17, 15) is 9.90 Å². The van der Waals surface area contributed by atoms with Crippen LogP contribution in [0, 0.1) is 0 Å². The van der Waals surface area contributed by atoms with Crippen molar-refractivity contribution in [3.05, 3.63) is 125 Å². The van der Waals surface area contributed by atoms with Crippen LogP contribution in [0.3, 0.4) is 0 Å². The number of hydrogen-bond acceptors (Lipinski definition) is 4. The van der Waals surface area contributed by atoms with Gasteiger partial charge in [-0.2, -0.15) is 5.10 Å². The first-order chi connectivity index (χ1) is 17.8. The highest BCUT2D eigenvalue weighted by Crippen LogP contribution is 2.43. The maximum absolute atomic E-state index is 13.1. The van der Waals surface area contributed by atoms with Crippen molar-refractivity contribution in [1.29, 1.82) is 0 Å². The molecule has 0 saturated heterocycles. The molecule has 37 heavy (non-hydrogen) atoms. The number of carbonyl (C=O) groups excluding carboxylic acids is 1. The van der Waals surface area contributed by atoms with Crippen LogP contribution in [-0.2, 0) is 29.8 Å². The second kappa shape index (κ2) is 9.87. The fraction of sp³-hybridized carbons (Fsp3) is 0.290. The molecule has 6 heteroatoms. The summed E-state index contributed by atoms with van der Waals surface area (Å²) in [6.45, 7) is 6.30. The number of aliphatic hydroxyl groups excluding tert-OH is 1. The minimum Gasteiger partial charge on any atom is -0.444 e. The van der Waals surface area contributed by atoms with Crippen molar-refractivity contribution in [2.45, 2.75) is 51.5 Å². The second-order valence-electron chi connectivity index (χ2n) is 10.4. The standard InChI is InChI=1S/C31H33N3O3/c1-30(2,3)37-29(36)33-20-19-26-27(22-35)32-34(28(26)21-33)31(23-13-7-4-8-14-23,24-15-9-5-10-16-24)25-17-11-6-12-18-25/h4-18,35H,19-22H2,1-3H3. The molecule has 6 nitrogen and oxygen atoms in total. The minimum atomic E-state index is -0.821. The molecule has 1 aliphatic rings. The summed E-state index contributed by atoms with van der Waals surface area (Å²) >= 11 is 0. The van der Waals surface area contributed by atoms with Gasteiger partial charge in [0, 0.05) is 12.1 Å². The van der Waals surface area contributed by atoms with Crippen LogP contribution in [0.2, 0.25) is 0 Å². The lowest BCUT2D eigenvalue weighted by atomic mass is 9.76. The quantitative estimate of drug-likeness (QED) is 0.371. The summed E-state index contributed by atoms with van der Waals surface area (Å²) < 4.78 is 7.74. The third-order valence-electron chi connectivity index (χ3n) is 6.84. The number of nitrogens with zero attached hydrogens (tertiary/aromatic N) is 3. The molecule has 0 saturated carbocycles. The van der Waals surface area contributed by atoms with E-state index in [0.717, 1.165) is 27.9 Å². The van der Waals surface area contributed by atoms with Crippen LogP contribution in [0.4, 0.5) is 4.79 Å². The lowest BCUT2D eigenvalue weighted by Gasteiger charge is -2.39. The molecule has 0 radical (unpaired) electrons. The summed E-state index contributed by atoms with van der Waals surface area (Å²) in [6.07, 6.45) is 0.250. The summed E-state index contributed by atoms with van der Waals surface area (Å²) in [5.41, 5.74) is 4.25. The van der Waals surface area contributed by atoms with Crippen molar-refractivity contribution in [3.63, 3.8) is 0 Å². The van der Waals surface area contributed by atoms with Crippen molar-refractivity contribution >= 4 is 6.09 Å². The average Bonchev–Trinajstić information content (AvgIpc) is 3.28. The van der Waals surface area contributed by atoms with E-state index in [2.05, 4.69) is 36.4 Å². The van der Waals surface area contributed by atoms with Gasteiger partial charge in [-0.3, -0.25) is 0 Å². The zero-order valence-electron chi connectivity index (χ0n) is 21.6.